The van der Waals surface area contributed by atoms with Crippen molar-refractivity contribution in [1.29, 1.82) is 0 Å². The van der Waals surface area contributed by atoms with Crippen molar-refractivity contribution in [2.24, 2.45) is 0 Å². The molecule has 140 valence electrons. The molecule has 0 atom stereocenters. The minimum absolute atomic E-state index is 0.0678. The summed E-state index contributed by atoms with van der Waals surface area (Å²) in [7, 11) is 0. The van der Waals surface area contributed by atoms with Gasteiger partial charge in [0, 0.05) is 38.1 Å². The van der Waals surface area contributed by atoms with Gasteiger partial charge in [-0.05, 0) is 26.2 Å². The van der Waals surface area contributed by atoms with Crippen molar-refractivity contribution in [3.05, 3.63) is 18.7 Å². The molecule has 0 aromatic carbocycles. The van der Waals surface area contributed by atoms with E-state index in [-0.39, 0.29) is 24.5 Å². The average Bonchev–Trinajstić information content (AvgIpc) is 3.12. The van der Waals surface area contributed by atoms with Gasteiger partial charge in [-0.3, -0.25) is 4.79 Å². The molecule has 1 saturated carbocycles. The maximum absolute atomic E-state index is 12.6. The highest BCUT2D eigenvalue weighted by molar-refractivity contribution is 5.76. The Kier molecular flexibility index (Phi) is 8.28. The van der Waals surface area contributed by atoms with E-state index in [0.717, 1.165) is 25.8 Å². The molecular formula is C18H30N4O3. The number of hydrogen-bond donors (Lipinski definition) is 1. The average molecular weight is 350 g/mol. The van der Waals surface area contributed by atoms with Crippen LogP contribution in [0.15, 0.2) is 18.7 Å². The van der Waals surface area contributed by atoms with Crippen LogP contribution < -0.4 is 5.32 Å². The van der Waals surface area contributed by atoms with Crippen molar-refractivity contribution < 1.29 is 14.3 Å². The number of esters is 1. The Morgan fingerprint density at radius 1 is 1.28 bits per heavy atom. The third-order valence-electron chi connectivity index (χ3n) is 4.51. The summed E-state index contributed by atoms with van der Waals surface area (Å²) in [5, 5.41) is 3.13. The second-order valence-corrected chi connectivity index (χ2v) is 6.48. The van der Waals surface area contributed by atoms with Crippen LogP contribution >= 0.6 is 0 Å². The number of hydrogen-bond acceptors (Lipinski definition) is 4. The SMILES string of the molecule is CCOC(=O)CCN(CCCn1ccnc1)C(=O)NC1CCCCC1. The van der Waals surface area contributed by atoms with Crippen molar-refractivity contribution in [3.63, 3.8) is 0 Å². The van der Waals surface area contributed by atoms with Crippen LogP contribution in [0.4, 0.5) is 4.79 Å². The molecule has 0 bridgehead atoms. The van der Waals surface area contributed by atoms with Gasteiger partial charge in [0.15, 0.2) is 0 Å². The van der Waals surface area contributed by atoms with Gasteiger partial charge in [0.2, 0.25) is 0 Å². The lowest BCUT2D eigenvalue weighted by atomic mass is 9.96. The highest BCUT2D eigenvalue weighted by Crippen LogP contribution is 2.17. The molecule has 25 heavy (non-hydrogen) atoms. The van der Waals surface area contributed by atoms with E-state index < -0.39 is 0 Å². The Morgan fingerprint density at radius 3 is 2.76 bits per heavy atom. The molecule has 1 N–H and O–H groups in total. The molecule has 0 unspecified atom stereocenters. The van der Waals surface area contributed by atoms with Crippen LogP contribution in [0.1, 0.15) is 51.9 Å². The summed E-state index contributed by atoms with van der Waals surface area (Å²) >= 11 is 0. The van der Waals surface area contributed by atoms with Gasteiger partial charge in [-0.2, -0.15) is 0 Å². The van der Waals surface area contributed by atoms with Crippen LogP contribution in [0.25, 0.3) is 0 Å². The largest absolute Gasteiger partial charge is 0.466 e. The third kappa shape index (κ3) is 7.15. The van der Waals surface area contributed by atoms with E-state index >= 15 is 0 Å². The lowest BCUT2D eigenvalue weighted by molar-refractivity contribution is -0.143. The smallest absolute Gasteiger partial charge is 0.317 e. The Hall–Kier alpha value is -2.05. The number of imidazole rings is 1. The predicted molar refractivity (Wildman–Crippen MR) is 95.1 cm³/mol. The summed E-state index contributed by atoms with van der Waals surface area (Å²) < 4.78 is 6.96. The molecular weight excluding hydrogens is 320 g/mol. The number of aryl methyl sites for hydroxylation is 1. The maximum atomic E-state index is 12.6. The molecule has 0 aliphatic heterocycles. The first-order valence-electron chi connectivity index (χ1n) is 9.36. The first kappa shape index (κ1) is 19.3. The number of carbonyl (C=O) groups is 2. The molecule has 0 saturated heterocycles. The summed E-state index contributed by atoms with van der Waals surface area (Å²) in [5.41, 5.74) is 0. The number of aromatic nitrogens is 2. The number of rotatable bonds is 9. The van der Waals surface area contributed by atoms with Gasteiger partial charge in [-0.1, -0.05) is 19.3 Å². The fourth-order valence-corrected chi connectivity index (χ4v) is 3.15. The van der Waals surface area contributed by atoms with Gasteiger partial charge in [0.1, 0.15) is 0 Å². The van der Waals surface area contributed by atoms with E-state index in [2.05, 4.69) is 10.3 Å². The van der Waals surface area contributed by atoms with Crippen molar-refractivity contribution in [1.82, 2.24) is 19.8 Å². The number of amides is 2. The summed E-state index contributed by atoms with van der Waals surface area (Å²) in [6, 6.07) is 0.196. The number of ether oxygens (including phenoxy) is 1. The van der Waals surface area contributed by atoms with Crippen LogP contribution in [0.2, 0.25) is 0 Å². The third-order valence-corrected chi connectivity index (χ3v) is 4.51. The Balaban J connectivity index is 1.82. The second kappa shape index (κ2) is 10.7. The molecule has 2 amide bonds. The number of urea groups is 1. The Morgan fingerprint density at radius 2 is 2.08 bits per heavy atom. The monoisotopic (exact) mass is 350 g/mol. The zero-order valence-electron chi connectivity index (χ0n) is 15.2. The van der Waals surface area contributed by atoms with Gasteiger partial charge >= 0.3 is 12.0 Å². The lowest BCUT2D eigenvalue weighted by Crippen LogP contribution is -2.46. The predicted octanol–water partition coefficient (Wildman–Crippen LogP) is 2.57. The summed E-state index contributed by atoms with van der Waals surface area (Å²) in [6.45, 7) is 3.95. The van der Waals surface area contributed by atoms with E-state index in [1.54, 1.807) is 24.3 Å². The molecule has 1 aromatic heterocycles. The molecule has 2 rings (SSSR count). The fourth-order valence-electron chi connectivity index (χ4n) is 3.15. The van der Waals surface area contributed by atoms with Crippen LogP contribution in [0.3, 0.4) is 0 Å². The van der Waals surface area contributed by atoms with Crippen molar-refractivity contribution >= 4 is 12.0 Å². The minimum Gasteiger partial charge on any atom is -0.466 e. The number of nitrogens with one attached hydrogen (secondary N) is 1. The van der Waals surface area contributed by atoms with Gasteiger partial charge < -0.3 is 19.5 Å². The molecule has 1 heterocycles. The highest BCUT2D eigenvalue weighted by atomic mass is 16.5. The van der Waals surface area contributed by atoms with Gasteiger partial charge in [-0.25, -0.2) is 9.78 Å². The molecule has 1 aliphatic carbocycles. The lowest BCUT2D eigenvalue weighted by Gasteiger charge is -2.28. The first-order valence-corrected chi connectivity index (χ1v) is 9.36. The van der Waals surface area contributed by atoms with Crippen molar-refractivity contribution in [2.75, 3.05) is 19.7 Å². The molecule has 7 nitrogen and oxygen atoms in total. The summed E-state index contributed by atoms with van der Waals surface area (Å²) in [5.74, 6) is -0.257. The number of carbonyl (C=O) groups excluding carboxylic acids is 2. The molecule has 1 aliphatic rings. The van der Waals surface area contributed by atoms with Gasteiger partial charge in [0.05, 0.1) is 19.4 Å². The molecule has 0 spiro atoms. The minimum atomic E-state index is -0.257. The molecule has 1 aromatic rings. The standard InChI is InChI=1S/C18H30N4O3/c1-2-25-17(23)9-13-22(12-6-11-21-14-10-19-15-21)18(24)20-16-7-4-3-5-8-16/h10,14-16H,2-9,11-13H2,1H3,(H,20,24). The van der Waals surface area contributed by atoms with E-state index in [9.17, 15) is 9.59 Å². The van der Waals surface area contributed by atoms with Crippen molar-refractivity contribution in [2.45, 2.75) is 64.5 Å². The van der Waals surface area contributed by atoms with Crippen LogP contribution in [0.5, 0.6) is 0 Å². The summed E-state index contributed by atoms with van der Waals surface area (Å²) in [4.78, 5) is 30.0. The first-order chi connectivity index (χ1) is 12.2. The quantitative estimate of drug-likeness (QED) is 0.695. The van der Waals surface area contributed by atoms with E-state index in [1.807, 2.05) is 10.8 Å². The van der Waals surface area contributed by atoms with Crippen LogP contribution in [-0.2, 0) is 16.1 Å². The normalized spacial score (nSPS) is 14.9. The van der Waals surface area contributed by atoms with Gasteiger partial charge in [-0.15, -0.1) is 0 Å². The fraction of sp³-hybridized carbons (Fsp3) is 0.722. The van der Waals surface area contributed by atoms with E-state index in [0.29, 0.717) is 19.7 Å². The number of nitrogens with zero attached hydrogens (tertiary/aromatic N) is 3. The topological polar surface area (TPSA) is 76.5 Å². The molecule has 7 heteroatoms. The van der Waals surface area contributed by atoms with Crippen LogP contribution in [0, 0.1) is 0 Å². The Bertz CT molecular complexity index is 512. The highest BCUT2D eigenvalue weighted by Gasteiger charge is 2.20. The van der Waals surface area contributed by atoms with Crippen LogP contribution in [-0.4, -0.2) is 52.2 Å². The Labute approximate surface area is 149 Å². The van der Waals surface area contributed by atoms with E-state index in [1.165, 1.54) is 19.3 Å². The van der Waals surface area contributed by atoms with Gasteiger partial charge in [0.25, 0.3) is 0 Å². The molecule has 1 fully saturated rings. The molecule has 0 radical (unpaired) electrons. The second-order valence-electron chi connectivity index (χ2n) is 6.48. The summed E-state index contributed by atoms with van der Waals surface area (Å²) in [6.07, 6.45) is 12.2. The zero-order chi connectivity index (χ0) is 17.9. The van der Waals surface area contributed by atoms with Crippen molar-refractivity contribution in [3.8, 4) is 0 Å². The zero-order valence-corrected chi connectivity index (χ0v) is 15.2. The maximum Gasteiger partial charge on any atom is 0.317 e. The van der Waals surface area contributed by atoms with E-state index in [4.69, 9.17) is 4.74 Å².